The molecule has 0 saturated heterocycles. The lowest BCUT2D eigenvalue weighted by Crippen LogP contribution is -1.92. The van der Waals surface area contributed by atoms with Crippen LogP contribution in [0.3, 0.4) is 0 Å². The van der Waals surface area contributed by atoms with E-state index in [1.165, 1.54) is 4.88 Å². The predicted molar refractivity (Wildman–Crippen MR) is 56.6 cm³/mol. The Labute approximate surface area is 85.6 Å². The lowest BCUT2D eigenvalue weighted by atomic mass is 10.2. The van der Waals surface area contributed by atoms with Crippen LogP contribution in [0, 0.1) is 6.92 Å². The summed E-state index contributed by atoms with van der Waals surface area (Å²) in [7, 11) is 0. The van der Waals surface area contributed by atoms with Crippen LogP contribution in [0.5, 0.6) is 0 Å². The lowest BCUT2D eigenvalue weighted by Gasteiger charge is -2.04. The van der Waals surface area contributed by atoms with Gasteiger partial charge >= 0.3 is 0 Å². The Morgan fingerprint density at radius 3 is 2.75 bits per heavy atom. The van der Waals surface area contributed by atoms with Crippen molar-refractivity contribution in [3.63, 3.8) is 0 Å². The summed E-state index contributed by atoms with van der Waals surface area (Å²) in [5.74, 6) is 0. The highest BCUT2D eigenvalue weighted by Gasteiger charge is 2.10. The standard InChI is InChI=1S/C9H13BrOS/c1-3-4-8(11)9-5-7(10)6(2)12-9/h5,8,11H,3-4H2,1-2H3. The fraction of sp³-hybridized carbons (Fsp3) is 0.556. The van der Waals surface area contributed by atoms with E-state index in [1.807, 2.05) is 6.07 Å². The van der Waals surface area contributed by atoms with Crippen molar-refractivity contribution in [3.8, 4) is 0 Å². The van der Waals surface area contributed by atoms with Crippen molar-refractivity contribution in [2.75, 3.05) is 0 Å². The van der Waals surface area contributed by atoms with Crippen molar-refractivity contribution in [3.05, 3.63) is 20.3 Å². The third kappa shape index (κ3) is 2.31. The second kappa shape index (κ2) is 4.40. The molecule has 0 spiro atoms. The Hall–Kier alpha value is 0.140. The van der Waals surface area contributed by atoms with Gasteiger partial charge in [-0.2, -0.15) is 0 Å². The molecule has 68 valence electrons. The second-order valence-electron chi connectivity index (χ2n) is 2.86. The zero-order valence-electron chi connectivity index (χ0n) is 7.30. The van der Waals surface area contributed by atoms with Gasteiger partial charge in [0, 0.05) is 14.2 Å². The van der Waals surface area contributed by atoms with Crippen LogP contribution in [0.15, 0.2) is 10.5 Å². The molecule has 0 bridgehead atoms. The van der Waals surface area contributed by atoms with Crippen molar-refractivity contribution in [2.45, 2.75) is 32.8 Å². The molecule has 1 N–H and O–H groups in total. The molecule has 1 aromatic heterocycles. The SMILES string of the molecule is CCCC(O)c1cc(Br)c(C)s1. The highest BCUT2D eigenvalue weighted by Crippen LogP contribution is 2.32. The number of aliphatic hydroxyl groups is 1. The molecule has 0 aliphatic heterocycles. The monoisotopic (exact) mass is 248 g/mol. The summed E-state index contributed by atoms with van der Waals surface area (Å²) in [6.07, 6.45) is 1.60. The molecule has 3 heteroatoms. The molecule has 1 nitrogen and oxygen atoms in total. The van der Waals surface area contributed by atoms with E-state index in [0.29, 0.717) is 0 Å². The summed E-state index contributed by atoms with van der Waals surface area (Å²) < 4.78 is 1.11. The normalized spacial score (nSPS) is 13.3. The molecule has 1 unspecified atom stereocenters. The van der Waals surface area contributed by atoms with Crippen LogP contribution in [-0.2, 0) is 0 Å². The number of hydrogen-bond acceptors (Lipinski definition) is 2. The van der Waals surface area contributed by atoms with E-state index in [-0.39, 0.29) is 6.10 Å². The predicted octanol–water partition coefficient (Wildman–Crippen LogP) is 3.65. The fourth-order valence-electron chi connectivity index (χ4n) is 1.06. The summed E-state index contributed by atoms with van der Waals surface area (Å²) >= 11 is 5.10. The highest BCUT2D eigenvalue weighted by molar-refractivity contribution is 9.10. The van der Waals surface area contributed by atoms with E-state index in [9.17, 15) is 5.11 Å². The van der Waals surface area contributed by atoms with Gasteiger partial charge in [0.05, 0.1) is 6.10 Å². The van der Waals surface area contributed by atoms with Crippen LogP contribution in [0.25, 0.3) is 0 Å². The van der Waals surface area contributed by atoms with E-state index in [0.717, 1.165) is 22.2 Å². The van der Waals surface area contributed by atoms with E-state index < -0.39 is 0 Å². The van der Waals surface area contributed by atoms with Crippen LogP contribution >= 0.6 is 27.3 Å². The minimum atomic E-state index is -0.273. The quantitative estimate of drug-likeness (QED) is 0.866. The Balaban J connectivity index is 2.74. The summed E-state index contributed by atoms with van der Waals surface area (Å²) in [5.41, 5.74) is 0. The molecule has 0 aliphatic rings. The second-order valence-corrected chi connectivity index (χ2v) is 5.00. The molecule has 1 atom stereocenters. The van der Waals surface area contributed by atoms with E-state index >= 15 is 0 Å². The number of halogens is 1. The summed E-state index contributed by atoms with van der Waals surface area (Å²) in [6, 6.07) is 2.01. The van der Waals surface area contributed by atoms with Gasteiger partial charge in [0.25, 0.3) is 0 Å². The van der Waals surface area contributed by atoms with E-state index in [4.69, 9.17) is 0 Å². The third-order valence-electron chi connectivity index (χ3n) is 1.77. The van der Waals surface area contributed by atoms with Gasteiger partial charge in [-0.25, -0.2) is 0 Å². The first-order valence-electron chi connectivity index (χ1n) is 4.09. The van der Waals surface area contributed by atoms with Crippen LogP contribution < -0.4 is 0 Å². The van der Waals surface area contributed by atoms with Gasteiger partial charge in [-0.05, 0) is 35.3 Å². The van der Waals surface area contributed by atoms with Gasteiger partial charge in [0.1, 0.15) is 0 Å². The first-order valence-corrected chi connectivity index (χ1v) is 5.70. The minimum Gasteiger partial charge on any atom is -0.388 e. The third-order valence-corrected chi connectivity index (χ3v) is 4.00. The average Bonchev–Trinajstić information content (AvgIpc) is 2.33. The maximum atomic E-state index is 9.65. The molecular weight excluding hydrogens is 236 g/mol. The molecule has 0 fully saturated rings. The molecule has 1 heterocycles. The first-order chi connectivity index (χ1) is 5.65. The van der Waals surface area contributed by atoms with Gasteiger partial charge in [0.2, 0.25) is 0 Å². The van der Waals surface area contributed by atoms with Gasteiger partial charge in [-0.3, -0.25) is 0 Å². The molecule has 1 rings (SSSR count). The smallest absolute Gasteiger partial charge is 0.0882 e. The summed E-state index contributed by atoms with van der Waals surface area (Å²) in [5, 5.41) is 9.65. The fourth-order valence-corrected chi connectivity index (χ4v) is 2.64. The summed E-state index contributed by atoms with van der Waals surface area (Å²) in [4.78, 5) is 2.31. The molecular formula is C9H13BrOS. The first kappa shape index (κ1) is 10.2. The largest absolute Gasteiger partial charge is 0.388 e. The Morgan fingerprint density at radius 1 is 1.67 bits per heavy atom. The van der Waals surface area contributed by atoms with Gasteiger partial charge in [0.15, 0.2) is 0 Å². The van der Waals surface area contributed by atoms with Crippen molar-refractivity contribution in [2.24, 2.45) is 0 Å². The van der Waals surface area contributed by atoms with Crippen molar-refractivity contribution in [1.29, 1.82) is 0 Å². The van der Waals surface area contributed by atoms with Gasteiger partial charge in [-0.1, -0.05) is 13.3 Å². The number of hydrogen-bond donors (Lipinski definition) is 1. The minimum absolute atomic E-state index is 0.273. The molecule has 0 aliphatic carbocycles. The Kier molecular flexibility index (Phi) is 3.75. The lowest BCUT2D eigenvalue weighted by molar-refractivity contribution is 0.170. The Bertz CT molecular complexity index is 238. The maximum Gasteiger partial charge on any atom is 0.0882 e. The average molecular weight is 249 g/mol. The maximum absolute atomic E-state index is 9.65. The van der Waals surface area contributed by atoms with Crippen LogP contribution in [0.4, 0.5) is 0 Å². The number of rotatable bonds is 3. The van der Waals surface area contributed by atoms with E-state index in [2.05, 4.69) is 29.8 Å². The topological polar surface area (TPSA) is 20.2 Å². The highest BCUT2D eigenvalue weighted by atomic mass is 79.9. The Morgan fingerprint density at radius 2 is 2.33 bits per heavy atom. The van der Waals surface area contributed by atoms with Crippen molar-refractivity contribution in [1.82, 2.24) is 0 Å². The van der Waals surface area contributed by atoms with Crippen molar-refractivity contribution < 1.29 is 5.11 Å². The number of thiophene rings is 1. The summed E-state index contributed by atoms with van der Waals surface area (Å²) in [6.45, 7) is 4.13. The van der Waals surface area contributed by atoms with Gasteiger partial charge < -0.3 is 5.11 Å². The van der Waals surface area contributed by atoms with Crippen LogP contribution in [-0.4, -0.2) is 5.11 Å². The molecule has 12 heavy (non-hydrogen) atoms. The van der Waals surface area contributed by atoms with Crippen LogP contribution in [0.1, 0.15) is 35.6 Å². The van der Waals surface area contributed by atoms with Crippen molar-refractivity contribution >= 4 is 27.3 Å². The number of aliphatic hydroxyl groups excluding tert-OH is 1. The number of aryl methyl sites for hydroxylation is 1. The van der Waals surface area contributed by atoms with E-state index in [1.54, 1.807) is 11.3 Å². The molecule has 1 aromatic rings. The molecule has 0 aromatic carbocycles. The zero-order valence-corrected chi connectivity index (χ0v) is 9.70. The van der Waals surface area contributed by atoms with Crippen LogP contribution in [0.2, 0.25) is 0 Å². The zero-order chi connectivity index (χ0) is 9.14. The molecule has 0 radical (unpaired) electrons. The molecule has 0 saturated carbocycles. The van der Waals surface area contributed by atoms with Gasteiger partial charge in [-0.15, -0.1) is 11.3 Å². The molecule has 0 amide bonds.